The molecule has 4 rings (SSSR count). The van der Waals surface area contributed by atoms with Crippen LogP contribution in [-0.2, 0) is 0 Å². The van der Waals surface area contributed by atoms with Gasteiger partial charge in [-0.2, -0.15) is 0 Å². The van der Waals surface area contributed by atoms with E-state index in [4.69, 9.17) is 28.2 Å². The smallest absolute Gasteiger partial charge is 0.207 e. The van der Waals surface area contributed by atoms with Crippen LogP contribution in [0.2, 0.25) is 10.0 Å². The van der Waals surface area contributed by atoms with Crippen LogP contribution < -0.4 is 4.90 Å². The second-order valence-electron chi connectivity index (χ2n) is 7.48. The fourth-order valence-corrected chi connectivity index (χ4v) is 4.45. The molecule has 2 aliphatic rings. The van der Waals surface area contributed by atoms with Gasteiger partial charge < -0.3 is 9.80 Å². The maximum absolute atomic E-state index is 6.13. The molecular formula is C23H25Cl2N3. The second kappa shape index (κ2) is 8.59. The van der Waals surface area contributed by atoms with Crippen LogP contribution >= 0.6 is 23.2 Å². The van der Waals surface area contributed by atoms with Crippen molar-refractivity contribution in [2.45, 2.75) is 44.2 Å². The molecule has 2 aromatic carbocycles. The Kier molecular flexibility index (Phi) is 5.93. The predicted octanol–water partition coefficient (Wildman–Crippen LogP) is 6.69. The molecule has 1 saturated heterocycles. The van der Waals surface area contributed by atoms with E-state index in [9.17, 15) is 0 Å². The van der Waals surface area contributed by atoms with E-state index in [0.29, 0.717) is 6.04 Å². The summed E-state index contributed by atoms with van der Waals surface area (Å²) in [5.41, 5.74) is 1.99. The van der Waals surface area contributed by atoms with Gasteiger partial charge in [0.05, 0.1) is 11.7 Å². The van der Waals surface area contributed by atoms with Crippen LogP contribution in [0.1, 0.15) is 32.1 Å². The summed E-state index contributed by atoms with van der Waals surface area (Å²) in [6.07, 6.45) is 8.37. The van der Waals surface area contributed by atoms with Crippen molar-refractivity contribution >= 4 is 40.5 Å². The van der Waals surface area contributed by atoms with E-state index in [1.165, 1.54) is 32.1 Å². The molecule has 0 aromatic heterocycles. The van der Waals surface area contributed by atoms with E-state index in [-0.39, 0.29) is 6.04 Å². The predicted molar refractivity (Wildman–Crippen MR) is 120 cm³/mol. The molecule has 2 fully saturated rings. The first-order chi connectivity index (χ1) is 13.7. The first-order valence-corrected chi connectivity index (χ1v) is 10.7. The van der Waals surface area contributed by atoms with E-state index in [1.54, 1.807) is 0 Å². The van der Waals surface area contributed by atoms with Crippen molar-refractivity contribution in [1.29, 1.82) is 0 Å². The Bertz CT molecular complexity index is 839. The molecule has 2 aromatic rings. The highest BCUT2D eigenvalue weighted by Gasteiger charge is 2.38. The summed E-state index contributed by atoms with van der Waals surface area (Å²) in [6, 6.07) is 16.4. The molecule has 0 N–H and O–H groups in total. The van der Waals surface area contributed by atoms with E-state index >= 15 is 0 Å². The first kappa shape index (κ1) is 19.4. The van der Waals surface area contributed by atoms with Crippen LogP contribution in [0, 0.1) is 0 Å². The van der Waals surface area contributed by atoms with Crippen molar-refractivity contribution in [3.8, 4) is 0 Å². The molecule has 0 amide bonds. The Morgan fingerprint density at radius 3 is 2.11 bits per heavy atom. The molecule has 3 nitrogen and oxygen atoms in total. The van der Waals surface area contributed by atoms with Crippen molar-refractivity contribution in [2.24, 2.45) is 4.99 Å². The third-order valence-electron chi connectivity index (χ3n) is 5.64. The van der Waals surface area contributed by atoms with Gasteiger partial charge in [0.1, 0.15) is 0 Å². The van der Waals surface area contributed by atoms with Gasteiger partial charge in [-0.1, -0.05) is 48.5 Å². The topological polar surface area (TPSA) is 18.8 Å². The fourth-order valence-electron chi connectivity index (χ4n) is 4.19. The number of halogens is 2. The SMILES string of the molecule is C=CC1CN(C2CCCCC2)C(=Nc2ccc(Cl)cc2)N1c1ccc(Cl)cc1. The van der Waals surface area contributed by atoms with Crippen LogP contribution in [0.5, 0.6) is 0 Å². The molecule has 1 heterocycles. The quantitative estimate of drug-likeness (QED) is 0.519. The van der Waals surface area contributed by atoms with Crippen LogP contribution in [0.25, 0.3) is 0 Å². The Hall–Kier alpha value is -1.97. The van der Waals surface area contributed by atoms with E-state index in [0.717, 1.165) is 33.9 Å². The molecule has 0 spiro atoms. The number of hydrogen-bond acceptors (Lipinski definition) is 1. The number of guanidine groups is 1. The first-order valence-electron chi connectivity index (χ1n) is 9.94. The Morgan fingerprint density at radius 2 is 1.50 bits per heavy atom. The van der Waals surface area contributed by atoms with Gasteiger partial charge >= 0.3 is 0 Å². The van der Waals surface area contributed by atoms with Gasteiger partial charge in [-0.15, -0.1) is 6.58 Å². The van der Waals surface area contributed by atoms with E-state index < -0.39 is 0 Å². The molecule has 0 bridgehead atoms. The van der Waals surface area contributed by atoms with Gasteiger partial charge in [-0.25, -0.2) is 4.99 Å². The van der Waals surface area contributed by atoms with Gasteiger partial charge in [-0.3, -0.25) is 0 Å². The summed E-state index contributed by atoms with van der Waals surface area (Å²) in [6.45, 7) is 5.01. The molecular weight excluding hydrogens is 389 g/mol. The third-order valence-corrected chi connectivity index (χ3v) is 6.14. The highest BCUT2D eigenvalue weighted by atomic mass is 35.5. The summed E-state index contributed by atoms with van der Waals surface area (Å²) in [5.74, 6) is 0.987. The third kappa shape index (κ3) is 4.06. The van der Waals surface area contributed by atoms with Gasteiger partial charge in [0.25, 0.3) is 0 Å². The molecule has 1 atom stereocenters. The number of rotatable bonds is 4. The molecule has 1 aliphatic carbocycles. The number of benzene rings is 2. The monoisotopic (exact) mass is 413 g/mol. The Labute approximate surface area is 177 Å². The second-order valence-corrected chi connectivity index (χ2v) is 8.35. The lowest BCUT2D eigenvalue weighted by molar-refractivity contribution is 0.257. The lowest BCUT2D eigenvalue weighted by atomic mass is 9.94. The summed E-state index contributed by atoms with van der Waals surface area (Å²) in [7, 11) is 0. The highest BCUT2D eigenvalue weighted by Crippen LogP contribution is 2.33. The maximum atomic E-state index is 6.13. The molecule has 1 saturated carbocycles. The molecule has 0 radical (unpaired) electrons. The molecule has 5 heteroatoms. The lowest BCUT2D eigenvalue weighted by Gasteiger charge is -2.33. The summed E-state index contributed by atoms with van der Waals surface area (Å²) >= 11 is 12.2. The minimum absolute atomic E-state index is 0.175. The number of nitrogens with zero attached hydrogens (tertiary/aromatic N) is 3. The van der Waals surface area contributed by atoms with Gasteiger partial charge in [0.15, 0.2) is 0 Å². The average Bonchev–Trinajstić information content (AvgIpc) is 3.09. The van der Waals surface area contributed by atoms with Crippen molar-refractivity contribution in [3.63, 3.8) is 0 Å². The standard InChI is InChI=1S/C23H25Cl2N3/c1-2-20-16-27(21-6-4-3-5-7-21)23(26-19-12-8-17(24)9-13-19)28(20)22-14-10-18(25)11-15-22/h2,8-15,20-21H,1,3-7,16H2. The molecule has 1 unspecified atom stereocenters. The van der Waals surface area contributed by atoms with Crippen LogP contribution in [0.3, 0.4) is 0 Å². The fraction of sp³-hybridized carbons (Fsp3) is 0.348. The number of anilines is 1. The molecule has 28 heavy (non-hydrogen) atoms. The van der Waals surface area contributed by atoms with Crippen LogP contribution in [0.15, 0.2) is 66.2 Å². The molecule has 146 valence electrons. The van der Waals surface area contributed by atoms with Crippen molar-refractivity contribution < 1.29 is 0 Å². The minimum atomic E-state index is 0.175. The van der Waals surface area contributed by atoms with Crippen LogP contribution in [0.4, 0.5) is 11.4 Å². The number of hydrogen-bond donors (Lipinski definition) is 0. The van der Waals surface area contributed by atoms with Crippen molar-refractivity contribution in [3.05, 3.63) is 71.2 Å². The van der Waals surface area contributed by atoms with Crippen molar-refractivity contribution in [2.75, 3.05) is 11.4 Å². The van der Waals surface area contributed by atoms with Crippen LogP contribution in [-0.4, -0.2) is 29.5 Å². The van der Waals surface area contributed by atoms with Gasteiger partial charge in [-0.05, 0) is 61.4 Å². The molecule has 1 aliphatic heterocycles. The summed E-state index contributed by atoms with van der Waals surface area (Å²) < 4.78 is 0. The lowest BCUT2D eigenvalue weighted by Crippen LogP contribution is -2.41. The zero-order valence-electron chi connectivity index (χ0n) is 15.9. The van der Waals surface area contributed by atoms with E-state index in [1.807, 2.05) is 42.5 Å². The highest BCUT2D eigenvalue weighted by molar-refractivity contribution is 6.31. The normalized spacial score (nSPS) is 22.1. The average molecular weight is 414 g/mol. The summed E-state index contributed by atoms with van der Waals surface area (Å²) in [4.78, 5) is 9.83. The largest absolute Gasteiger partial charge is 0.337 e. The van der Waals surface area contributed by atoms with Gasteiger partial charge in [0.2, 0.25) is 5.96 Å². The minimum Gasteiger partial charge on any atom is -0.337 e. The summed E-state index contributed by atoms with van der Waals surface area (Å²) in [5, 5.41) is 1.46. The maximum Gasteiger partial charge on any atom is 0.207 e. The number of aliphatic imine (C=N–C) groups is 1. The van der Waals surface area contributed by atoms with E-state index in [2.05, 4.69) is 28.5 Å². The van der Waals surface area contributed by atoms with Gasteiger partial charge in [0, 0.05) is 28.3 Å². The van der Waals surface area contributed by atoms with Crippen molar-refractivity contribution in [1.82, 2.24) is 4.90 Å². The zero-order chi connectivity index (χ0) is 19.5. The zero-order valence-corrected chi connectivity index (χ0v) is 17.4. The Balaban J connectivity index is 1.77. The Morgan fingerprint density at radius 1 is 0.893 bits per heavy atom.